The minimum absolute atomic E-state index is 0.136. The Morgan fingerprint density at radius 2 is 1.81 bits per heavy atom. The molecule has 2 atom stereocenters. The number of hydrogen-bond donors (Lipinski definition) is 1. The lowest BCUT2D eigenvalue weighted by Gasteiger charge is -2.24. The van der Waals surface area contributed by atoms with Gasteiger partial charge in [0.1, 0.15) is 0 Å². The van der Waals surface area contributed by atoms with E-state index in [0.717, 1.165) is 13.1 Å². The maximum Gasteiger partial charge on any atom is 0.239 e. The zero-order chi connectivity index (χ0) is 12.6. The second-order valence-corrected chi connectivity index (χ2v) is 3.91. The van der Waals surface area contributed by atoms with Gasteiger partial charge < -0.3 is 15.0 Å². The van der Waals surface area contributed by atoms with Gasteiger partial charge in [-0.1, -0.05) is 0 Å². The molecule has 16 heavy (non-hydrogen) atoms. The van der Waals surface area contributed by atoms with Crippen LogP contribution >= 0.6 is 0 Å². The van der Waals surface area contributed by atoms with Crippen LogP contribution in [0.1, 0.15) is 34.6 Å². The number of rotatable bonds is 8. The van der Waals surface area contributed by atoms with Gasteiger partial charge in [-0.05, 0) is 34.6 Å². The largest absolute Gasteiger partial charge is 0.377 e. The fraction of sp³-hybridized carbons (Fsp3) is 0.917. The minimum atomic E-state index is -0.136. The first-order chi connectivity index (χ1) is 7.56. The summed E-state index contributed by atoms with van der Waals surface area (Å²) in [6, 6.07) is -0.136. The summed E-state index contributed by atoms with van der Waals surface area (Å²) in [7, 11) is 0. The smallest absolute Gasteiger partial charge is 0.239 e. The van der Waals surface area contributed by atoms with Gasteiger partial charge in [0.15, 0.2) is 0 Å². The Morgan fingerprint density at radius 3 is 2.25 bits per heavy atom. The quantitative estimate of drug-likeness (QED) is 0.682. The van der Waals surface area contributed by atoms with E-state index in [-0.39, 0.29) is 18.1 Å². The third-order valence-electron chi connectivity index (χ3n) is 2.61. The third-order valence-corrected chi connectivity index (χ3v) is 2.61. The molecule has 0 bridgehead atoms. The standard InChI is InChI=1S/C12H26N2O2/c1-6-14(7-2)12(15)11(5)13-9-10(4)16-8-3/h10-11,13H,6-9H2,1-5H3. The molecule has 0 aromatic carbocycles. The monoisotopic (exact) mass is 230 g/mol. The molecule has 0 aromatic rings. The van der Waals surface area contributed by atoms with Crippen molar-refractivity contribution in [2.24, 2.45) is 0 Å². The van der Waals surface area contributed by atoms with Crippen LogP contribution < -0.4 is 5.32 Å². The molecule has 0 radical (unpaired) electrons. The van der Waals surface area contributed by atoms with Crippen LogP contribution in [0.4, 0.5) is 0 Å². The Balaban J connectivity index is 3.95. The van der Waals surface area contributed by atoms with Gasteiger partial charge in [0.05, 0.1) is 12.1 Å². The minimum Gasteiger partial charge on any atom is -0.377 e. The van der Waals surface area contributed by atoms with Gasteiger partial charge in [0, 0.05) is 26.2 Å². The fourth-order valence-corrected chi connectivity index (χ4v) is 1.58. The molecular weight excluding hydrogens is 204 g/mol. The molecule has 0 saturated carbocycles. The van der Waals surface area contributed by atoms with Crippen LogP contribution in [0, 0.1) is 0 Å². The van der Waals surface area contributed by atoms with E-state index in [2.05, 4.69) is 5.32 Å². The maximum absolute atomic E-state index is 11.9. The second-order valence-electron chi connectivity index (χ2n) is 3.91. The SMILES string of the molecule is CCOC(C)CNC(C)C(=O)N(CC)CC. The molecule has 0 fully saturated rings. The first kappa shape index (κ1) is 15.4. The van der Waals surface area contributed by atoms with Crippen molar-refractivity contribution in [1.29, 1.82) is 0 Å². The normalized spacial score (nSPS) is 14.6. The van der Waals surface area contributed by atoms with Crippen molar-refractivity contribution >= 4 is 5.91 Å². The number of nitrogens with one attached hydrogen (secondary N) is 1. The lowest BCUT2D eigenvalue weighted by molar-refractivity contribution is -0.132. The Hall–Kier alpha value is -0.610. The van der Waals surface area contributed by atoms with Gasteiger partial charge in [-0.25, -0.2) is 0 Å². The van der Waals surface area contributed by atoms with Crippen LogP contribution in [-0.2, 0) is 9.53 Å². The molecule has 96 valence electrons. The van der Waals surface area contributed by atoms with Crippen LogP contribution in [0.25, 0.3) is 0 Å². The van der Waals surface area contributed by atoms with Crippen LogP contribution in [-0.4, -0.2) is 49.2 Å². The van der Waals surface area contributed by atoms with Crippen LogP contribution in [0.15, 0.2) is 0 Å². The first-order valence-electron chi connectivity index (χ1n) is 6.20. The Kier molecular flexibility index (Phi) is 8.21. The number of hydrogen-bond acceptors (Lipinski definition) is 3. The Bertz CT molecular complexity index is 193. The molecule has 0 aliphatic rings. The summed E-state index contributed by atoms with van der Waals surface area (Å²) in [5.74, 6) is 0.161. The summed E-state index contributed by atoms with van der Waals surface area (Å²) >= 11 is 0. The molecule has 0 spiro atoms. The van der Waals surface area contributed by atoms with Gasteiger partial charge in [-0.15, -0.1) is 0 Å². The molecule has 1 N–H and O–H groups in total. The number of ether oxygens (including phenoxy) is 1. The van der Waals surface area contributed by atoms with Gasteiger partial charge in [0.25, 0.3) is 0 Å². The van der Waals surface area contributed by atoms with E-state index < -0.39 is 0 Å². The zero-order valence-electron chi connectivity index (χ0n) is 11.2. The summed E-state index contributed by atoms with van der Waals surface area (Å²) in [5.41, 5.74) is 0. The lowest BCUT2D eigenvalue weighted by atomic mass is 10.2. The molecular formula is C12H26N2O2. The van der Waals surface area contributed by atoms with Crippen LogP contribution in [0.3, 0.4) is 0 Å². The average molecular weight is 230 g/mol. The summed E-state index contributed by atoms with van der Waals surface area (Å²) in [6.07, 6.45) is 0.150. The number of carbonyl (C=O) groups is 1. The molecule has 4 nitrogen and oxygen atoms in total. The first-order valence-corrected chi connectivity index (χ1v) is 6.20. The predicted molar refractivity (Wildman–Crippen MR) is 66.5 cm³/mol. The highest BCUT2D eigenvalue weighted by molar-refractivity contribution is 5.81. The summed E-state index contributed by atoms with van der Waals surface area (Å²) in [6.45, 7) is 12.8. The second kappa shape index (κ2) is 8.53. The van der Waals surface area contributed by atoms with Crippen molar-refractivity contribution in [3.05, 3.63) is 0 Å². The number of nitrogens with zero attached hydrogens (tertiary/aromatic N) is 1. The molecule has 0 aromatic heterocycles. The van der Waals surface area contributed by atoms with Crippen LogP contribution in [0.2, 0.25) is 0 Å². The lowest BCUT2D eigenvalue weighted by Crippen LogP contribution is -2.46. The highest BCUT2D eigenvalue weighted by atomic mass is 16.5. The molecule has 2 unspecified atom stereocenters. The predicted octanol–water partition coefficient (Wildman–Crippen LogP) is 1.26. The van der Waals surface area contributed by atoms with Crippen molar-refractivity contribution in [3.8, 4) is 0 Å². The van der Waals surface area contributed by atoms with E-state index in [1.807, 2.05) is 39.5 Å². The van der Waals surface area contributed by atoms with E-state index in [1.165, 1.54) is 0 Å². The van der Waals surface area contributed by atoms with E-state index in [9.17, 15) is 4.79 Å². The Labute approximate surface area is 99.3 Å². The van der Waals surface area contributed by atoms with E-state index in [1.54, 1.807) is 0 Å². The summed E-state index contributed by atoms with van der Waals surface area (Å²) in [5, 5.41) is 3.20. The van der Waals surface area contributed by atoms with Crippen LogP contribution in [0.5, 0.6) is 0 Å². The molecule has 4 heteroatoms. The van der Waals surface area contributed by atoms with E-state index in [4.69, 9.17) is 4.74 Å². The van der Waals surface area contributed by atoms with Gasteiger partial charge in [-0.3, -0.25) is 4.79 Å². The molecule has 0 saturated heterocycles. The number of amides is 1. The summed E-state index contributed by atoms with van der Waals surface area (Å²) < 4.78 is 5.40. The van der Waals surface area contributed by atoms with Crippen molar-refractivity contribution in [3.63, 3.8) is 0 Å². The molecule has 0 aliphatic carbocycles. The third kappa shape index (κ3) is 5.47. The highest BCUT2D eigenvalue weighted by Crippen LogP contribution is 1.96. The van der Waals surface area contributed by atoms with Gasteiger partial charge >= 0.3 is 0 Å². The molecule has 0 rings (SSSR count). The molecule has 0 aliphatic heterocycles. The van der Waals surface area contributed by atoms with E-state index in [0.29, 0.717) is 13.2 Å². The number of carbonyl (C=O) groups excluding carboxylic acids is 1. The Morgan fingerprint density at radius 1 is 1.25 bits per heavy atom. The maximum atomic E-state index is 11.9. The summed E-state index contributed by atoms with van der Waals surface area (Å²) in [4.78, 5) is 13.7. The van der Waals surface area contributed by atoms with Crippen molar-refractivity contribution in [2.45, 2.75) is 46.8 Å². The van der Waals surface area contributed by atoms with Crippen molar-refractivity contribution in [1.82, 2.24) is 10.2 Å². The fourth-order valence-electron chi connectivity index (χ4n) is 1.58. The molecule has 0 heterocycles. The van der Waals surface area contributed by atoms with Gasteiger partial charge in [0.2, 0.25) is 5.91 Å². The molecule has 1 amide bonds. The van der Waals surface area contributed by atoms with Gasteiger partial charge in [-0.2, -0.15) is 0 Å². The highest BCUT2D eigenvalue weighted by Gasteiger charge is 2.17. The van der Waals surface area contributed by atoms with Crippen molar-refractivity contribution in [2.75, 3.05) is 26.2 Å². The van der Waals surface area contributed by atoms with E-state index >= 15 is 0 Å². The van der Waals surface area contributed by atoms with Crippen molar-refractivity contribution < 1.29 is 9.53 Å². The topological polar surface area (TPSA) is 41.6 Å². The zero-order valence-corrected chi connectivity index (χ0v) is 11.2. The number of likely N-dealkylation sites (N-methyl/N-ethyl adjacent to an activating group) is 1. The average Bonchev–Trinajstić information content (AvgIpc) is 2.27.